The molecule has 2 N–H and O–H groups in total. The molecule has 3 atom stereocenters. The maximum absolute atomic E-state index is 11.9. The first-order chi connectivity index (χ1) is 6.77. The fraction of sp³-hybridized carbons (Fsp3) is 0.900. The molecule has 0 aromatic carbocycles. The average molecular weight is 251 g/mol. The highest BCUT2D eigenvalue weighted by Crippen LogP contribution is 2.20. The van der Waals surface area contributed by atoms with Gasteiger partial charge in [0.15, 0.2) is 0 Å². The zero-order chi connectivity index (χ0) is 9.97. The molecule has 0 radical (unpaired) electrons. The first-order valence-electron chi connectivity index (χ1n) is 5.36. The Morgan fingerprint density at radius 3 is 2.80 bits per heavy atom. The summed E-state index contributed by atoms with van der Waals surface area (Å²) in [6.45, 7) is 3.98. The van der Waals surface area contributed by atoms with E-state index in [0.717, 1.165) is 25.3 Å². The molecule has 2 aliphatic heterocycles. The molecule has 2 aliphatic rings. The van der Waals surface area contributed by atoms with Crippen molar-refractivity contribution in [3.63, 3.8) is 0 Å². The lowest BCUT2D eigenvalue weighted by Crippen LogP contribution is -2.41. The number of thioether (sulfide) groups is 1. The maximum Gasteiger partial charge on any atom is 0.224 e. The van der Waals surface area contributed by atoms with Crippen LogP contribution in [-0.2, 0) is 4.79 Å². The van der Waals surface area contributed by atoms with Gasteiger partial charge in [-0.3, -0.25) is 4.79 Å². The molecule has 0 spiro atoms. The first kappa shape index (κ1) is 13.1. The number of hydrogen-bond acceptors (Lipinski definition) is 3. The largest absolute Gasteiger partial charge is 0.352 e. The number of rotatable bonds is 2. The van der Waals surface area contributed by atoms with E-state index >= 15 is 0 Å². The van der Waals surface area contributed by atoms with E-state index in [1.54, 1.807) is 0 Å². The number of carbonyl (C=O) groups is 1. The third-order valence-electron chi connectivity index (χ3n) is 3.13. The predicted molar refractivity (Wildman–Crippen MR) is 66.6 cm³/mol. The van der Waals surface area contributed by atoms with E-state index in [1.165, 1.54) is 5.75 Å². The summed E-state index contributed by atoms with van der Waals surface area (Å²) < 4.78 is 0. The van der Waals surface area contributed by atoms with E-state index in [1.807, 2.05) is 11.8 Å². The van der Waals surface area contributed by atoms with Crippen LogP contribution in [0.3, 0.4) is 0 Å². The Kier molecular flexibility index (Phi) is 5.23. The second-order valence-corrected chi connectivity index (χ2v) is 5.46. The summed E-state index contributed by atoms with van der Waals surface area (Å²) in [6.07, 6.45) is 1.14. The Bertz CT molecular complexity index is 221. The Labute approximate surface area is 102 Å². The zero-order valence-corrected chi connectivity index (χ0v) is 10.6. The Balaban J connectivity index is 0.00000112. The molecule has 0 saturated carbocycles. The van der Waals surface area contributed by atoms with Gasteiger partial charge in [0.2, 0.25) is 5.91 Å². The number of carbonyl (C=O) groups excluding carboxylic acids is 1. The van der Waals surface area contributed by atoms with Crippen LogP contribution in [0.15, 0.2) is 0 Å². The van der Waals surface area contributed by atoms with Gasteiger partial charge in [0.1, 0.15) is 0 Å². The van der Waals surface area contributed by atoms with Gasteiger partial charge in [-0.25, -0.2) is 0 Å². The normalized spacial score (nSPS) is 34.9. The third-order valence-corrected chi connectivity index (χ3v) is 4.29. The minimum Gasteiger partial charge on any atom is -0.352 e. The summed E-state index contributed by atoms with van der Waals surface area (Å²) in [6, 6.07) is 0.431. The fourth-order valence-electron chi connectivity index (χ4n) is 2.12. The van der Waals surface area contributed by atoms with Crippen LogP contribution >= 0.6 is 24.2 Å². The lowest BCUT2D eigenvalue weighted by Gasteiger charge is -2.17. The molecule has 5 heteroatoms. The van der Waals surface area contributed by atoms with Gasteiger partial charge < -0.3 is 10.6 Å². The van der Waals surface area contributed by atoms with Crippen molar-refractivity contribution in [2.45, 2.75) is 19.4 Å². The van der Waals surface area contributed by atoms with Crippen molar-refractivity contribution in [3.05, 3.63) is 0 Å². The molecular weight excluding hydrogens is 232 g/mol. The van der Waals surface area contributed by atoms with E-state index in [2.05, 4.69) is 17.6 Å². The highest BCUT2D eigenvalue weighted by Gasteiger charge is 2.31. The molecule has 1 amide bonds. The Hall–Kier alpha value is 0.0700. The third kappa shape index (κ3) is 3.26. The van der Waals surface area contributed by atoms with E-state index in [9.17, 15) is 4.79 Å². The lowest BCUT2D eigenvalue weighted by molar-refractivity contribution is -0.125. The topological polar surface area (TPSA) is 41.1 Å². The van der Waals surface area contributed by atoms with Gasteiger partial charge in [-0.15, -0.1) is 12.4 Å². The number of hydrogen-bond donors (Lipinski definition) is 2. The van der Waals surface area contributed by atoms with Crippen LogP contribution in [0, 0.1) is 11.8 Å². The molecule has 2 saturated heterocycles. The summed E-state index contributed by atoms with van der Waals surface area (Å²) in [5, 5.41) is 6.41. The standard InChI is InChI=1S/C10H18N2OS.ClH/c1-7-4-11-5-9(7)10(13)12-8-2-3-14-6-8;/h7-9,11H,2-6H2,1H3,(H,12,13);1H/t7-,8?,9-;/m1./s1. The van der Waals surface area contributed by atoms with Crippen LogP contribution in [0.25, 0.3) is 0 Å². The van der Waals surface area contributed by atoms with Crippen LogP contribution in [0.1, 0.15) is 13.3 Å². The molecule has 1 unspecified atom stereocenters. The summed E-state index contributed by atoms with van der Waals surface area (Å²) >= 11 is 1.94. The highest BCUT2D eigenvalue weighted by molar-refractivity contribution is 7.99. The van der Waals surface area contributed by atoms with E-state index < -0.39 is 0 Å². The van der Waals surface area contributed by atoms with Crippen molar-refractivity contribution < 1.29 is 4.79 Å². The van der Waals surface area contributed by atoms with Crippen LogP contribution < -0.4 is 10.6 Å². The highest BCUT2D eigenvalue weighted by atomic mass is 35.5. The molecule has 0 aromatic rings. The van der Waals surface area contributed by atoms with Gasteiger partial charge in [0, 0.05) is 18.3 Å². The lowest BCUT2D eigenvalue weighted by atomic mass is 9.97. The van der Waals surface area contributed by atoms with Crippen LogP contribution in [0.2, 0.25) is 0 Å². The van der Waals surface area contributed by atoms with Gasteiger partial charge in [-0.2, -0.15) is 11.8 Å². The number of amides is 1. The zero-order valence-electron chi connectivity index (χ0n) is 8.99. The minimum atomic E-state index is 0. The Morgan fingerprint density at radius 2 is 2.27 bits per heavy atom. The van der Waals surface area contributed by atoms with Crippen molar-refractivity contribution in [1.82, 2.24) is 10.6 Å². The van der Waals surface area contributed by atoms with E-state index in [0.29, 0.717) is 12.0 Å². The van der Waals surface area contributed by atoms with Gasteiger partial charge in [-0.1, -0.05) is 6.92 Å². The Morgan fingerprint density at radius 1 is 1.47 bits per heavy atom. The van der Waals surface area contributed by atoms with E-state index in [-0.39, 0.29) is 24.2 Å². The minimum absolute atomic E-state index is 0. The van der Waals surface area contributed by atoms with Crippen LogP contribution in [0.4, 0.5) is 0 Å². The first-order valence-corrected chi connectivity index (χ1v) is 6.51. The number of nitrogens with one attached hydrogen (secondary N) is 2. The van der Waals surface area contributed by atoms with Gasteiger partial charge in [0.25, 0.3) is 0 Å². The summed E-state index contributed by atoms with van der Waals surface area (Å²) in [5.41, 5.74) is 0. The molecule has 0 aromatic heterocycles. The van der Waals surface area contributed by atoms with Crippen molar-refractivity contribution in [3.8, 4) is 0 Å². The van der Waals surface area contributed by atoms with Crippen molar-refractivity contribution in [1.29, 1.82) is 0 Å². The maximum atomic E-state index is 11.9. The molecule has 2 fully saturated rings. The quantitative estimate of drug-likeness (QED) is 0.765. The predicted octanol–water partition coefficient (Wildman–Crippen LogP) is 0.885. The van der Waals surface area contributed by atoms with E-state index in [4.69, 9.17) is 0 Å². The smallest absolute Gasteiger partial charge is 0.224 e. The number of halogens is 1. The summed E-state index contributed by atoms with van der Waals surface area (Å²) in [5.74, 6) is 3.24. The SMILES string of the molecule is C[C@@H]1CNC[C@H]1C(=O)NC1CCSC1.Cl. The molecule has 0 bridgehead atoms. The fourth-order valence-corrected chi connectivity index (χ4v) is 3.27. The molecule has 0 aliphatic carbocycles. The van der Waals surface area contributed by atoms with Gasteiger partial charge in [0.05, 0.1) is 5.92 Å². The van der Waals surface area contributed by atoms with Crippen molar-refractivity contribution >= 4 is 30.1 Å². The van der Waals surface area contributed by atoms with Gasteiger partial charge >= 0.3 is 0 Å². The van der Waals surface area contributed by atoms with Crippen LogP contribution in [0.5, 0.6) is 0 Å². The molecule has 3 nitrogen and oxygen atoms in total. The summed E-state index contributed by atoms with van der Waals surface area (Å²) in [7, 11) is 0. The molecule has 2 rings (SSSR count). The van der Waals surface area contributed by atoms with Crippen molar-refractivity contribution in [2.75, 3.05) is 24.6 Å². The van der Waals surface area contributed by atoms with Crippen LogP contribution in [-0.4, -0.2) is 36.5 Å². The monoisotopic (exact) mass is 250 g/mol. The molecule has 88 valence electrons. The molecule has 15 heavy (non-hydrogen) atoms. The van der Waals surface area contributed by atoms with Crippen molar-refractivity contribution in [2.24, 2.45) is 11.8 Å². The summed E-state index contributed by atoms with van der Waals surface area (Å²) in [4.78, 5) is 11.9. The second-order valence-electron chi connectivity index (χ2n) is 4.31. The average Bonchev–Trinajstić information content (AvgIpc) is 2.75. The van der Waals surface area contributed by atoms with Gasteiger partial charge in [-0.05, 0) is 24.6 Å². The molecular formula is C10H19ClN2OS. The molecule has 2 heterocycles. The second kappa shape index (κ2) is 5.97.